The lowest BCUT2D eigenvalue weighted by atomic mass is 10.3. The zero-order valence-electron chi connectivity index (χ0n) is 7.86. The van der Waals surface area contributed by atoms with Crippen LogP contribution in [0.15, 0.2) is 10.8 Å². The molecule has 0 radical (unpaired) electrons. The Labute approximate surface area is 68.9 Å². The quantitative estimate of drug-likeness (QED) is 0.512. The van der Waals surface area contributed by atoms with E-state index in [0.29, 0.717) is 5.57 Å². The molecule has 1 N–H and O–H groups in total. The molecule has 0 saturated carbocycles. The van der Waals surface area contributed by atoms with Crippen LogP contribution < -0.4 is 0 Å². The van der Waals surface area contributed by atoms with E-state index in [9.17, 15) is 4.79 Å². The number of carbonyl (C=O) groups is 1. The molecular formula is C8H16O2Si. The number of allylic oxidation sites excluding steroid dienone is 1. The minimum Gasteiger partial charge on any atom is -0.478 e. The Bertz CT molecular complexity index is 199. The van der Waals surface area contributed by atoms with Crippen LogP contribution in [0.3, 0.4) is 0 Å². The smallest absolute Gasteiger partial charge is 0.330 e. The molecule has 0 atom stereocenters. The molecule has 0 bridgehead atoms. The average molecular weight is 172 g/mol. The first-order chi connectivity index (χ1) is 4.76. The van der Waals surface area contributed by atoms with E-state index >= 15 is 0 Å². The van der Waals surface area contributed by atoms with Gasteiger partial charge in [0.1, 0.15) is 0 Å². The van der Waals surface area contributed by atoms with Gasteiger partial charge in [-0.15, -0.1) is 0 Å². The van der Waals surface area contributed by atoms with Crippen molar-refractivity contribution < 1.29 is 9.90 Å². The van der Waals surface area contributed by atoms with Gasteiger partial charge >= 0.3 is 5.97 Å². The lowest BCUT2D eigenvalue weighted by molar-refractivity contribution is -0.132. The Balaban J connectivity index is 4.82. The summed E-state index contributed by atoms with van der Waals surface area (Å²) in [6, 6.07) is 0. The Kier molecular flexibility index (Phi) is 3.05. The second-order valence-electron chi connectivity index (χ2n) is 3.81. The first-order valence-electron chi connectivity index (χ1n) is 3.68. The highest BCUT2D eigenvalue weighted by Gasteiger charge is 2.19. The van der Waals surface area contributed by atoms with Crippen LogP contribution in [-0.2, 0) is 4.79 Å². The minimum absolute atomic E-state index is 0.518. The maximum absolute atomic E-state index is 10.6. The largest absolute Gasteiger partial charge is 0.478 e. The topological polar surface area (TPSA) is 37.3 Å². The van der Waals surface area contributed by atoms with Gasteiger partial charge in [-0.2, -0.15) is 0 Å². The molecule has 0 fully saturated rings. The van der Waals surface area contributed by atoms with Gasteiger partial charge in [0.25, 0.3) is 0 Å². The monoisotopic (exact) mass is 172 g/mol. The van der Waals surface area contributed by atoms with E-state index < -0.39 is 14.0 Å². The van der Waals surface area contributed by atoms with Crippen LogP contribution in [0.25, 0.3) is 0 Å². The Morgan fingerprint density at radius 2 is 1.55 bits per heavy atom. The molecule has 0 aliphatic rings. The maximum Gasteiger partial charge on any atom is 0.330 e. The Hall–Kier alpha value is -0.573. The van der Waals surface area contributed by atoms with Gasteiger partial charge in [0.05, 0.1) is 8.07 Å². The van der Waals surface area contributed by atoms with Crippen LogP contribution in [0.1, 0.15) is 13.8 Å². The van der Waals surface area contributed by atoms with Gasteiger partial charge in [-0.3, -0.25) is 0 Å². The highest BCUT2D eigenvalue weighted by Crippen LogP contribution is 2.17. The fraction of sp³-hybridized carbons (Fsp3) is 0.625. The van der Waals surface area contributed by atoms with Crippen LogP contribution in [0, 0.1) is 0 Å². The third-order valence-corrected chi connectivity index (χ3v) is 4.63. The summed E-state index contributed by atoms with van der Waals surface area (Å²) in [5.41, 5.74) is 0.518. The molecule has 0 heterocycles. The molecule has 0 aromatic heterocycles. The third kappa shape index (κ3) is 2.88. The van der Waals surface area contributed by atoms with Crippen molar-refractivity contribution in [2.75, 3.05) is 0 Å². The highest BCUT2D eigenvalue weighted by molar-refractivity contribution is 6.83. The molecule has 0 rings (SSSR count). The van der Waals surface area contributed by atoms with Crippen molar-refractivity contribution in [3.8, 4) is 0 Å². The summed E-state index contributed by atoms with van der Waals surface area (Å²) < 4.78 is 0. The molecular weight excluding hydrogens is 156 g/mol. The SMILES string of the molecule is C/C(C(=O)O)=C(/C)[Si](C)(C)C. The van der Waals surface area contributed by atoms with Gasteiger partial charge in [-0.1, -0.05) is 24.8 Å². The summed E-state index contributed by atoms with van der Waals surface area (Å²) in [5, 5.41) is 9.75. The summed E-state index contributed by atoms with van der Waals surface area (Å²) in [5.74, 6) is -0.787. The highest BCUT2D eigenvalue weighted by atomic mass is 28.3. The lowest BCUT2D eigenvalue weighted by Gasteiger charge is -2.18. The minimum atomic E-state index is -1.39. The van der Waals surface area contributed by atoms with Gasteiger partial charge in [-0.25, -0.2) is 4.79 Å². The summed E-state index contributed by atoms with van der Waals surface area (Å²) in [6.45, 7) is 10.0. The van der Waals surface area contributed by atoms with Crippen molar-refractivity contribution >= 4 is 14.0 Å². The predicted molar refractivity (Wildman–Crippen MR) is 49.4 cm³/mol. The first-order valence-corrected chi connectivity index (χ1v) is 7.18. The molecule has 0 aliphatic heterocycles. The van der Waals surface area contributed by atoms with Gasteiger partial charge in [0.15, 0.2) is 0 Å². The Morgan fingerprint density at radius 3 is 1.64 bits per heavy atom. The number of carboxylic acids is 1. The zero-order valence-corrected chi connectivity index (χ0v) is 8.86. The standard InChI is InChI=1S/C8H16O2Si/c1-6(8(9)10)7(2)11(3,4)5/h1-5H3,(H,9,10)/b7-6+. The van der Waals surface area contributed by atoms with Crippen molar-refractivity contribution in [3.05, 3.63) is 10.8 Å². The molecule has 0 spiro atoms. The van der Waals surface area contributed by atoms with E-state index in [0.717, 1.165) is 5.20 Å². The van der Waals surface area contributed by atoms with E-state index in [4.69, 9.17) is 5.11 Å². The lowest BCUT2D eigenvalue weighted by Crippen LogP contribution is -2.24. The van der Waals surface area contributed by atoms with Crippen molar-refractivity contribution in [3.63, 3.8) is 0 Å². The molecule has 0 aromatic rings. The molecule has 0 saturated heterocycles. The third-order valence-electron chi connectivity index (χ3n) is 2.01. The second-order valence-corrected chi connectivity index (χ2v) is 9.06. The molecule has 0 unspecified atom stereocenters. The van der Waals surface area contributed by atoms with Gasteiger partial charge in [0.2, 0.25) is 0 Å². The maximum atomic E-state index is 10.6. The first kappa shape index (κ1) is 10.4. The average Bonchev–Trinajstić information content (AvgIpc) is 1.82. The molecule has 0 amide bonds. The van der Waals surface area contributed by atoms with Crippen LogP contribution in [-0.4, -0.2) is 19.1 Å². The van der Waals surface area contributed by atoms with Crippen LogP contribution in [0.4, 0.5) is 0 Å². The van der Waals surface area contributed by atoms with Crippen molar-refractivity contribution in [1.82, 2.24) is 0 Å². The molecule has 2 nitrogen and oxygen atoms in total. The van der Waals surface area contributed by atoms with Crippen LogP contribution in [0.5, 0.6) is 0 Å². The number of rotatable bonds is 2. The molecule has 11 heavy (non-hydrogen) atoms. The van der Waals surface area contributed by atoms with Crippen molar-refractivity contribution in [1.29, 1.82) is 0 Å². The van der Waals surface area contributed by atoms with E-state index in [2.05, 4.69) is 19.6 Å². The predicted octanol–water partition coefficient (Wildman–Crippen LogP) is 2.28. The molecule has 0 aromatic carbocycles. The van der Waals surface area contributed by atoms with Crippen LogP contribution >= 0.6 is 0 Å². The fourth-order valence-corrected chi connectivity index (χ4v) is 1.95. The van der Waals surface area contributed by atoms with Crippen LogP contribution in [0.2, 0.25) is 19.6 Å². The number of carboxylic acid groups (broad SMARTS) is 1. The molecule has 0 aliphatic carbocycles. The van der Waals surface area contributed by atoms with Crippen molar-refractivity contribution in [2.45, 2.75) is 33.5 Å². The Morgan fingerprint density at radius 1 is 1.18 bits per heavy atom. The van der Waals surface area contributed by atoms with Gasteiger partial charge < -0.3 is 5.11 Å². The van der Waals surface area contributed by atoms with E-state index in [1.54, 1.807) is 6.92 Å². The fourth-order valence-electron chi connectivity index (χ4n) is 0.723. The normalized spacial score (nSPS) is 14.3. The number of hydrogen-bond donors (Lipinski definition) is 1. The van der Waals surface area contributed by atoms with E-state index in [1.807, 2.05) is 6.92 Å². The van der Waals surface area contributed by atoms with Gasteiger partial charge in [0, 0.05) is 5.57 Å². The second kappa shape index (κ2) is 3.22. The zero-order chi connectivity index (χ0) is 9.23. The summed E-state index contributed by atoms with van der Waals surface area (Å²) in [7, 11) is -1.39. The van der Waals surface area contributed by atoms with Gasteiger partial charge in [-0.05, 0) is 13.8 Å². The summed E-state index contributed by atoms with van der Waals surface area (Å²) in [4.78, 5) is 10.6. The van der Waals surface area contributed by atoms with E-state index in [-0.39, 0.29) is 0 Å². The number of hydrogen-bond acceptors (Lipinski definition) is 1. The number of aliphatic carboxylic acids is 1. The summed E-state index contributed by atoms with van der Waals surface area (Å²) in [6.07, 6.45) is 0. The summed E-state index contributed by atoms with van der Waals surface area (Å²) >= 11 is 0. The molecule has 64 valence electrons. The molecule has 3 heteroatoms. The van der Waals surface area contributed by atoms with Crippen molar-refractivity contribution in [2.24, 2.45) is 0 Å². The van der Waals surface area contributed by atoms with E-state index in [1.165, 1.54) is 0 Å².